The molecule has 1 amide bonds. The minimum Gasteiger partial charge on any atom is -0.368 e. The van der Waals surface area contributed by atoms with Gasteiger partial charge in [-0.2, -0.15) is 0 Å². The average molecular weight is 436 g/mol. The predicted octanol–water partition coefficient (Wildman–Crippen LogP) is 3.02. The molecule has 1 aliphatic rings. The molecule has 6 nitrogen and oxygen atoms in total. The van der Waals surface area contributed by atoms with Crippen LogP contribution in [0.5, 0.6) is 0 Å². The van der Waals surface area contributed by atoms with Crippen LogP contribution in [0.1, 0.15) is 12.5 Å². The highest BCUT2D eigenvalue weighted by molar-refractivity contribution is 7.92. The number of carbonyl (C=O) groups is 1. The van der Waals surface area contributed by atoms with Gasteiger partial charge in [0.25, 0.3) is 0 Å². The molecular formula is C21H26ClN3O3S. The smallest absolute Gasteiger partial charge is 0.243 e. The molecule has 0 aliphatic carbocycles. The number of aryl methyl sites for hydroxylation is 1. The lowest BCUT2D eigenvalue weighted by Gasteiger charge is -2.37. The molecule has 0 atom stereocenters. The third-order valence-electron chi connectivity index (χ3n) is 5.13. The minimum atomic E-state index is -3.58. The van der Waals surface area contributed by atoms with Gasteiger partial charge in [0.2, 0.25) is 15.9 Å². The van der Waals surface area contributed by atoms with E-state index in [2.05, 4.69) is 4.90 Å². The van der Waals surface area contributed by atoms with Crippen LogP contribution in [0.2, 0.25) is 5.02 Å². The molecular weight excluding hydrogens is 410 g/mol. The number of hydrogen-bond acceptors (Lipinski definition) is 4. The Kier molecular flexibility index (Phi) is 6.70. The molecule has 0 N–H and O–H groups in total. The Morgan fingerprint density at radius 2 is 1.76 bits per heavy atom. The molecule has 0 spiro atoms. The maximum absolute atomic E-state index is 12.9. The Balaban J connectivity index is 1.70. The van der Waals surface area contributed by atoms with E-state index < -0.39 is 10.0 Å². The van der Waals surface area contributed by atoms with Crippen molar-refractivity contribution in [3.63, 3.8) is 0 Å². The molecule has 156 valence electrons. The van der Waals surface area contributed by atoms with Gasteiger partial charge in [-0.15, -0.1) is 0 Å². The number of hydrogen-bond donors (Lipinski definition) is 0. The number of nitrogens with zero attached hydrogens (tertiary/aromatic N) is 3. The van der Waals surface area contributed by atoms with Crippen molar-refractivity contribution in [3.8, 4) is 0 Å². The van der Waals surface area contributed by atoms with Gasteiger partial charge in [0.15, 0.2) is 0 Å². The molecule has 8 heteroatoms. The third kappa shape index (κ3) is 5.22. The maximum Gasteiger partial charge on any atom is 0.243 e. The van der Waals surface area contributed by atoms with Crippen molar-refractivity contribution in [3.05, 3.63) is 59.1 Å². The van der Waals surface area contributed by atoms with Crippen molar-refractivity contribution in [2.75, 3.05) is 48.2 Å². The molecule has 1 fully saturated rings. The first-order chi connectivity index (χ1) is 13.8. The summed E-state index contributed by atoms with van der Waals surface area (Å²) in [7, 11) is -3.58. The lowest BCUT2D eigenvalue weighted by Crippen LogP contribution is -2.52. The molecule has 0 saturated carbocycles. The van der Waals surface area contributed by atoms with Crippen molar-refractivity contribution >= 4 is 38.9 Å². The number of halogens is 1. The fourth-order valence-corrected chi connectivity index (χ4v) is 4.61. The fraction of sp³-hybridized carbons (Fsp3) is 0.381. The third-order valence-corrected chi connectivity index (χ3v) is 6.49. The Hall–Kier alpha value is -2.25. The van der Waals surface area contributed by atoms with E-state index in [0.717, 1.165) is 17.5 Å². The van der Waals surface area contributed by atoms with Crippen molar-refractivity contribution < 1.29 is 13.2 Å². The molecule has 1 saturated heterocycles. The number of para-hydroxylation sites is 1. The summed E-state index contributed by atoms with van der Waals surface area (Å²) in [5.74, 6) is -0.188. The summed E-state index contributed by atoms with van der Waals surface area (Å²) in [5.41, 5.74) is 2.50. The number of sulfonamides is 1. The van der Waals surface area contributed by atoms with Crippen LogP contribution < -0.4 is 9.21 Å². The Morgan fingerprint density at radius 3 is 2.38 bits per heavy atom. The zero-order valence-electron chi connectivity index (χ0n) is 16.7. The highest BCUT2D eigenvalue weighted by Gasteiger charge is 2.27. The van der Waals surface area contributed by atoms with Crippen LogP contribution in [0.4, 0.5) is 11.4 Å². The molecule has 0 aromatic heterocycles. The van der Waals surface area contributed by atoms with E-state index in [9.17, 15) is 13.2 Å². The van der Waals surface area contributed by atoms with Gasteiger partial charge < -0.3 is 9.80 Å². The second kappa shape index (κ2) is 9.05. The maximum atomic E-state index is 12.9. The first-order valence-electron chi connectivity index (χ1n) is 9.63. The van der Waals surface area contributed by atoms with E-state index in [1.54, 1.807) is 17.0 Å². The molecule has 2 aromatic rings. The highest BCUT2D eigenvalue weighted by atomic mass is 35.5. The molecule has 1 aliphatic heterocycles. The van der Waals surface area contributed by atoms with Crippen LogP contribution in [0.15, 0.2) is 48.5 Å². The number of rotatable bonds is 6. The largest absolute Gasteiger partial charge is 0.368 e. The second-order valence-electron chi connectivity index (χ2n) is 7.10. The van der Waals surface area contributed by atoms with Gasteiger partial charge in [0, 0.05) is 36.9 Å². The fourth-order valence-electron chi connectivity index (χ4n) is 3.54. The number of amides is 1. The van der Waals surface area contributed by atoms with Gasteiger partial charge in [-0.3, -0.25) is 9.10 Å². The van der Waals surface area contributed by atoms with E-state index in [1.807, 2.05) is 43.3 Å². The summed E-state index contributed by atoms with van der Waals surface area (Å²) >= 11 is 6.07. The zero-order chi connectivity index (χ0) is 21.0. The van der Waals surface area contributed by atoms with Crippen molar-refractivity contribution in [2.45, 2.75) is 13.3 Å². The zero-order valence-corrected chi connectivity index (χ0v) is 18.3. The highest BCUT2D eigenvalue weighted by Crippen LogP contribution is 2.24. The van der Waals surface area contributed by atoms with Crippen LogP contribution >= 0.6 is 11.6 Å². The number of benzene rings is 2. The van der Waals surface area contributed by atoms with Crippen molar-refractivity contribution in [1.82, 2.24) is 4.90 Å². The minimum absolute atomic E-state index is 0.187. The molecule has 2 aromatic carbocycles. The summed E-state index contributed by atoms with van der Waals surface area (Å²) in [6, 6.07) is 15.0. The summed E-state index contributed by atoms with van der Waals surface area (Å²) in [6.45, 7) is 4.22. The first-order valence-corrected chi connectivity index (χ1v) is 11.9. The second-order valence-corrected chi connectivity index (χ2v) is 9.44. The van der Waals surface area contributed by atoms with Crippen LogP contribution in [0, 0.1) is 0 Å². The van der Waals surface area contributed by atoms with E-state index in [4.69, 9.17) is 11.6 Å². The van der Waals surface area contributed by atoms with E-state index in [-0.39, 0.29) is 12.5 Å². The van der Waals surface area contributed by atoms with Gasteiger partial charge in [-0.25, -0.2) is 8.42 Å². The van der Waals surface area contributed by atoms with Gasteiger partial charge in [0.1, 0.15) is 6.54 Å². The summed E-state index contributed by atoms with van der Waals surface area (Å²) in [6.07, 6.45) is 1.83. The molecule has 1 heterocycles. The monoisotopic (exact) mass is 435 g/mol. The summed E-state index contributed by atoms with van der Waals surface area (Å²) in [4.78, 5) is 16.8. The predicted molar refractivity (Wildman–Crippen MR) is 118 cm³/mol. The Labute approximate surface area is 177 Å². The van der Waals surface area contributed by atoms with Crippen LogP contribution in [0.25, 0.3) is 0 Å². The molecule has 0 bridgehead atoms. The normalized spacial score (nSPS) is 14.7. The van der Waals surface area contributed by atoms with Crippen molar-refractivity contribution in [2.24, 2.45) is 0 Å². The van der Waals surface area contributed by atoms with Crippen LogP contribution in [-0.4, -0.2) is 58.2 Å². The summed E-state index contributed by atoms with van der Waals surface area (Å²) in [5, 5.41) is 0.680. The Bertz CT molecular complexity index is 973. The lowest BCUT2D eigenvalue weighted by molar-refractivity contribution is -0.129. The molecule has 0 radical (unpaired) electrons. The van der Waals surface area contributed by atoms with Crippen molar-refractivity contribution in [1.29, 1.82) is 0 Å². The summed E-state index contributed by atoms with van der Waals surface area (Å²) < 4.78 is 26.1. The van der Waals surface area contributed by atoms with Gasteiger partial charge in [-0.1, -0.05) is 42.8 Å². The lowest BCUT2D eigenvalue weighted by atomic mass is 10.1. The number of carbonyl (C=O) groups excluding carboxylic acids is 1. The van der Waals surface area contributed by atoms with Gasteiger partial charge in [0.05, 0.1) is 11.9 Å². The molecule has 3 rings (SSSR count). The van der Waals surface area contributed by atoms with Crippen LogP contribution in [0.3, 0.4) is 0 Å². The van der Waals surface area contributed by atoms with E-state index in [0.29, 0.717) is 43.3 Å². The molecule has 29 heavy (non-hydrogen) atoms. The standard InChI is InChI=1S/C21H26ClN3O3S/c1-3-17-7-4-5-10-20(17)25(29(2,27)28)16-21(26)24-13-11-23(12-14-24)19-9-6-8-18(22)15-19/h4-10,15H,3,11-14,16H2,1-2H3. The van der Waals surface area contributed by atoms with Gasteiger partial charge in [-0.05, 0) is 36.2 Å². The average Bonchev–Trinajstić information content (AvgIpc) is 2.71. The van der Waals surface area contributed by atoms with E-state index >= 15 is 0 Å². The number of anilines is 2. The van der Waals surface area contributed by atoms with Crippen LogP contribution in [-0.2, 0) is 21.2 Å². The van der Waals surface area contributed by atoms with Gasteiger partial charge >= 0.3 is 0 Å². The van der Waals surface area contributed by atoms with E-state index in [1.165, 1.54) is 4.31 Å². The first kappa shape index (κ1) is 21.5. The molecule has 0 unspecified atom stereocenters. The quantitative estimate of drug-likeness (QED) is 0.699. The Morgan fingerprint density at radius 1 is 1.07 bits per heavy atom. The topological polar surface area (TPSA) is 60.9 Å². The SMILES string of the molecule is CCc1ccccc1N(CC(=O)N1CCN(c2cccc(Cl)c2)CC1)S(C)(=O)=O. The number of piperazine rings is 1.